The molecule has 6 heteroatoms. The fourth-order valence-corrected chi connectivity index (χ4v) is 1.92. The van der Waals surface area contributed by atoms with Gasteiger partial charge in [-0.15, -0.1) is 0 Å². The molecule has 0 aliphatic rings. The Morgan fingerprint density at radius 3 is 2.11 bits per heavy atom. The summed E-state index contributed by atoms with van der Waals surface area (Å²) in [4.78, 5) is 0. The first-order valence-electron chi connectivity index (χ1n) is 5.53. The molecule has 0 aliphatic carbocycles. The topological polar surface area (TPSA) is 72.7 Å². The number of nitrogens with one attached hydrogen (secondary N) is 1. The standard InChI is InChI=1S/C12H17Cl2NO3/c1-8(15-12(5-16,6-17)7-18)9-2-3-10(13)11(14)4-9/h2-4,8,15-18H,5-7H2,1H3. The summed E-state index contributed by atoms with van der Waals surface area (Å²) < 4.78 is 0. The van der Waals surface area contributed by atoms with Crippen molar-refractivity contribution in [1.29, 1.82) is 0 Å². The molecule has 0 bridgehead atoms. The molecule has 0 spiro atoms. The van der Waals surface area contributed by atoms with Gasteiger partial charge >= 0.3 is 0 Å². The van der Waals surface area contributed by atoms with Gasteiger partial charge in [0, 0.05) is 6.04 Å². The van der Waals surface area contributed by atoms with E-state index in [2.05, 4.69) is 5.32 Å². The van der Waals surface area contributed by atoms with Gasteiger partial charge in [0.2, 0.25) is 0 Å². The molecule has 1 unspecified atom stereocenters. The van der Waals surface area contributed by atoms with E-state index in [4.69, 9.17) is 23.2 Å². The van der Waals surface area contributed by atoms with E-state index in [9.17, 15) is 15.3 Å². The zero-order valence-electron chi connectivity index (χ0n) is 10.0. The van der Waals surface area contributed by atoms with Crippen LogP contribution in [0.1, 0.15) is 18.5 Å². The second-order valence-corrected chi connectivity index (χ2v) is 5.11. The molecule has 1 aromatic carbocycles. The van der Waals surface area contributed by atoms with Crippen LogP contribution in [0.25, 0.3) is 0 Å². The van der Waals surface area contributed by atoms with E-state index in [1.54, 1.807) is 18.2 Å². The van der Waals surface area contributed by atoms with E-state index in [0.29, 0.717) is 10.0 Å². The third kappa shape index (κ3) is 3.57. The van der Waals surface area contributed by atoms with Crippen LogP contribution in [-0.4, -0.2) is 40.7 Å². The number of halogens is 2. The van der Waals surface area contributed by atoms with Crippen molar-refractivity contribution < 1.29 is 15.3 Å². The molecule has 4 nitrogen and oxygen atoms in total. The highest BCUT2D eigenvalue weighted by molar-refractivity contribution is 6.42. The van der Waals surface area contributed by atoms with Crippen LogP contribution in [0.4, 0.5) is 0 Å². The SMILES string of the molecule is CC(NC(CO)(CO)CO)c1ccc(Cl)c(Cl)c1. The lowest BCUT2D eigenvalue weighted by molar-refractivity contribution is 0.0355. The lowest BCUT2D eigenvalue weighted by Crippen LogP contribution is -2.55. The van der Waals surface area contributed by atoms with Crippen molar-refractivity contribution in [3.05, 3.63) is 33.8 Å². The molecular weight excluding hydrogens is 277 g/mol. The summed E-state index contributed by atoms with van der Waals surface area (Å²) in [5.74, 6) is 0. The minimum absolute atomic E-state index is 0.203. The molecule has 4 N–H and O–H groups in total. The summed E-state index contributed by atoms with van der Waals surface area (Å²) in [6.45, 7) is 0.734. The Hall–Kier alpha value is -0.360. The Morgan fingerprint density at radius 1 is 1.11 bits per heavy atom. The second-order valence-electron chi connectivity index (χ2n) is 4.29. The fourth-order valence-electron chi connectivity index (χ4n) is 1.61. The largest absolute Gasteiger partial charge is 0.394 e. The molecule has 1 atom stereocenters. The molecule has 102 valence electrons. The summed E-state index contributed by atoms with van der Waals surface area (Å²) in [6.07, 6.45) is 0. The van der Waals surface area contributed by atoms with Crippen LogP contribution in [-0.2, 0) is 0 Å². The van der Waals surface area contributed by atoms with E-state index in [0.717, 1.165) is 5.56 Å². The average molecular weight is 294 g/mol. The van der Waals surface area contributed by atoms with Crippen molar-refractivity contribution in [3.8, 4) is 0 Å². The monoisotopic (exact) mass is 293 g/mol. The molecule has 1 aromatic rings. The van der Waals surface area contributed by atoms with E-state index < -0.39 is 5.54 Å². The van der Waals surface area contributed by atoms with Crippen molar-refractivity contribution in [2.45, 2.75) is 18.5 Å². The Labute approximate surface area is 116 Å². The molecule has 0 aliphatic heterocycles. The Balaban J connectivity index is 2.86. The third-order valence-corrected chi connectivity index (χ3v) is 3.61. The van der Waals surface area contributed by atoms with E-state index >= 15 is 0 Å². The van der Waals surface area contributed by atoms with E-state index in [-0.39, 0.29) is 25.9 Å². The van der Waals surface area contributed by atoms with Gasteiger partial charge in [-0.05, 0) is 24.6 Å². The van der Waals surface area contributed by atoms with E-state index in [1.807, 2.05) is 6.92 Å². The van der Waals surface area contributed by atoms with Gasteiger partial charge in [0.25, 0.3) is 0 Å². The van der Waals surface area contributed by atoms with E-state index in [1.165, 1.54) is 0 Å². The first kappa shape index (κ1) is 15.7. The normalized spacial score (nSPS) is 13.7. The minimum Gasteiger partial charge on any atom is -0.394 e. The number of aliphatic hydroxyl groups excluding tert-OH is 3. The van der Waals surface area contributed by atoms with Gasteiger partial charge in [-0.3, -0.25) is 5.32 Å². The summed E-state index contributed by atoms with van der Waals surface area (Å²) in [5.41, 5.74) is -0.268. The third-order valence-electron chi connectivity index (χ3n) is 2.87. The fraction of sp³-hybridized carbons (Fsp3) is 0.500. The lowest BCUT2D eigenvalue weighted by atomic mass is 9.99. The molecular formula is C12H17Cl2NO3. The van der Waals surface area contributed by atoms with Crippen molar-refractivity contribution in [3.63, 3.8) is 0 Å². The van der Waals surface area contributed by atoms with Crippen LogP contribution in [0.2, 0.25) is 10.0 Å². The Kier molecular flexibility index (Phi) is 5.85. The van der Waals surface area contributed by atoms with Crippen molar-refractivity contribution in [2.75, 3.05) is 19.8 Å². The average Bonchev–Trinajstić information content (AvgIpc) is 2.39. The van der Waals surface area contributed by atoms with Gasteiger partial charge in [0.15, 0.2) is 0 Å². The maximum absolute atomic E-state index is 9.24. The molecule has 0 saturated heterocycles. The van der Waals surface area contributed by atoms with Crippen LogP contribution >= 0.6 is 23.2 Å². The molecule has 0 aromatic heterocycles. The zero-order valence-corrected chi connectivity index (χ0v) is 11.5. The highest BCUT2D eigenvalue weighted by Gasteiger charge is 2.29. The molecule has 0 heterocycles. The van der Waals surface area contributed by atoms with Crippen LogP contribution in [0.15, 0.2) is 18.2 Å². The van der Waals surface area contributed by atoms with Crippen LogP contribution in [0.3, 0.4) is 0 Å². The van der Waals surface area contributed by atoms with Gasteiger partial charge in [-0.25, -0.2) is 0 Å². The van der Waals surface area contributed by atoms with Gasteiger partial charge in [0.05, 0.1) is 35.4 Å². The zero-order chi connectivity index (χ0) is 13.8. The number of benzene rings is 1. The van der Waals surface area contributed by atoms with Crippen LogP contribution < -0.4 is 5.32 Å². The van der Waals surface area contributed by atoms with Gasteiger partial charge in [-0.2, -0.15) is 0 Å². The van der Waals surface area contributed by atoms with Gasteiger partial charge < -0.3 is 15.3 Å². The number of hydrogen-bond acceptors (Lipinski definition) is 4. The molecule has 18 heavy (non-hydrogen) atoms. The van der Waals surface area contributed by atoms with Gasteiger partial charge in [-0.1, -0.05) is 29.3 Å². The quantitative estimate of drug-likeness (QED) is 0.639. The predicted octanol–water partition coefficient (Wildman–Crippen LogP) is 1.36. The highest BCUT2D eigenvalue weighted by Crippen LogP contribution is 2.26. The first-order chi connectivity index (χ1) is 8.48. The Morgan fingerprint density at radius 2 is 1.67 bits per heavy atom. The predicted molar refractivity (Wildman–Crippen MR) is 72.0 cm³/mol. The van der Waals surface area contributed by atoms with Gasteiger partial charge in [0.1, 0.15) is 0 Å². The van der Waals surface area contributed by atoms with Crippen LogP contribution in [0.5, 0.6) is 0 Å². The maximum Gasteiger partial charge on any atom is 0.0886 e. The van der Waals surface area contributed by atoms with Crippen LogP contribution in [0, 0.1) is 0 Å². The summed E-state index contributed by atoms with van der Waals surface area (Å²) >= 11 is 11.8. The smallest absolute Gasteiger partial charge is 0.0886 e. The summed E-state index contributed by atoms with van der Waals surface area (Å²) in [6, 6.07) is 4.98. The van der Waals surface area contributed by atoms with Crippen molar-refractivity contribution in [2.24, 2.45) is 0 Å². The minimum atomic E-state index is -1.12. The molecule has 0 fully saturated rings. The second kappa shape index (κ2) is 6.70. The maximum atomic E-state index is 9.24. The number of rotatable bonds is 6. The molecule has 0 saturated carbocycles. The van der Waals surface area contributed by atoms with Crippen molar-refractivity contribution in [1.82, 2.24) is 5.32 Å². The highest BCUT2D eigenvalue weighted by atomic mass is 35.5. The molecule has 0 radical (unpaired) electrons. The lowest BCUT2D eigenvalue weighted by Gasteiger charge is -2.32. The Bertz CT molecular complexity index is 389. The number of hydrogen-bond donors (Lipinski definition) is 4. The van der Waals surface area contributed by atoms with Crippen molar-refractivity contribution >= 4 is 23.2 Å². The first-order valence-corrected chi connectivity index (χ1v) is 6.29. The molecule has 0 amide bonds. The summed E-state index contributed by atoms with van der Waals surface area (Å²) in [7, 11) is 0. The number of aliphatic hydroxyl groups is 3. The molecule has 1 rings (SSSR count). The summed E-state index contributed by atoms with van der Waals surface area (Å²) in [5, 5.41) is 31.6.